The highest BCUT2D eigenvalue weighted by Crippen LogP contribution is 2.37. The van der Waals surface area contributed by atoms with Gasteiger partial charge in [0.1, 0.15) is 29.8 Å². The number of aromatic amines is 1. The maximum Gasteiger partial charge on any atom is 0.407 e. The van der Waals surface area contributed by atoms with Gasteiger partial charge in [-0.15, -0.1) is 0 Å². The van der Waals surface area contributed by atoms with E-state index in [2.05, 4.69) is 99.3 Å². The second-order valence-electron chi connectivity index (χ2n) is 17.2. The summed E-state index contributed by atoms with van der Waals surface area (Å²) in [5.41, 5.74) is 7.43. The number of nitrogens with one attached hydrogen (secondary N) is 4. The molecule has 0 aliphatic carbocycles. The molecule has 2 fully saturated rings. The Balaban J connectivity index is 0.941. The van der Waals surface area contributed by atoms with Gasteiger partial charge in [0.05, 0.1) is 51.0 Å². The van der Waals surface area contributed by atoms with E-state index >= 15 is 0 Å². The van der Waals surface area contributed by atoms with Crippen molar-refractivity contribution in [2.45, 2.75) is 63.4 Å². The smallest absolute Gasteiger partial charge is 0.407 e. The monoisotopic (exact) mass is 880 g/mol. The summed E-state index contributed by atoms with van der Waals surface area (Å²) in [7, 11) is 6.09. The van der Waals surface area contributed by atoms with E-state index in [0.717, 1.165) is 62.8 Å². The number of alkyl carbamates (subject to hydrolysis) is 2. The summed E-state index contributed by atoms with van der Waals surface area (Å²) in [6.07, 6.45) is 4.50. The molecule has 4 aromatic carbocycles. The molecular formula is C50H56N8O7. The molecule has 0 spiro atoms. The highest BCUT2D eigenvalue weighted by atomic mass is 16.5. The zero-order valence-electron chi connectivity index (χ0n) is 37.6. The second kappa shape index (κ2) is 18.8. The Morgan fingerprint density at radius 1 is 0.815 bits per heavy atom. The molecule has 338 valence electrons. The number of fused-ring (bicyclic) bond motifs is 1. The first-order chi connectivity index (χ1) is 31.4. The number of hydrogen-bond donors (Lipinski definition) is 4. The molecule has 2 saturated heterocycles. The normalized spacial score (nSPS) is 19.2. The summed E-state index contributed by atoms with van der Waals surface area (Å²) in [4.78, 5) is 66.4. The van der Waals surface area contributed by atoms with Crippen LogP contribution in [0.5, 0.6) is 5.75 Å². The van der Waals surface area contributed by atoms with Crippen LogP contribution in [0.25, 0.3) is 38.9 Å². The number of hydrogen-bond acceptors (Lipinski definition) is 10. The summed E-state index contributed by atoms with van der Waals surface area (Å²) in [5.74, 6) is 0.609. The first-order valence-electron chi connectivity index (χ1n) is 21.9. The van der Waals surface area contributed by atoms with Crippen molar-refractivity contribution in [3.63, 3.8) is 0 Å². The maximum atomic E-state index is 14.2. The summed E-state index contributed by atoms with van der Waals surface area (Å²) >= 11 is 0. The van der Waals surface area contributed by atoms with Crippen LogP contribution in [0.1, 0.15) is 62.1 Å². The molecular weight excluding hydrogens is 825 g/mol. The lowest BCUT2D eigenvalue weighted by atomic mass is 9.98. The molecule has 4 heterocycles. The van der Waals surface area contributed by atoms with E-state index in [9.17, 15) is 19.2 Å². The molecule has 15 nitrogen and oxygen atoms in total. The summed E-state index contributed by atoms with van der Waals surface area (Å²) in [6.45, 7) is 8.97. The van der Waals surface area contributed by atoms with Gasteiger partial charge in [0.25, 0.3) is 5.91 Å². The van der Waals surface area contributed by atoms with Gasteiger partial charge < -0.3 is 49.8 Å². The number of benzene rings is 4. The molecule has 8 rings (SSSR count). The molecule has 0 bridgehead atoms. The molecule has 15 heteroatoms. The Hall–Kier alpha value is -7.29. The van der Waals surface area contributed by atoms with Gasteiger partial charge in [-0.3, -0.25) is 9.59 Å². The quantitative estimate of drug-likeness (QED) is 0.0929. The third-order valence-electron chi connectivity index (χ3n) is 12.7. The molecule has 0 saturated carbocycles. The molecule has 1 unspecified atom stereocenters. The average Bonchev–Trinajstić information content (AvgIpc) is 4.16. The van der Waals surface area contributed by atoms with Crippen molar-refractivity contribution in [3.05, 3.63) is 126 Å². The molecule has 3 aliphatic heterocycles. The van der Waals surface area contributed by atoms with Gasteiger partial charge in [0.2, 0.25) is 5.91 Å². The van der Waals surface area contributed by atoms with Gasteiger partial charge in [0, 0.05) is 31.9 Å². The predicted octanol–water partition coefficient (Wildman–Crippen LogP) is 7.36. The van der Waals surface area contributed by atoms with Crippen LogP contribution < -0.4 is 20.7 Å². The fourth-order valence-electron chi connectivity index (χ4n) is 9.26. The van der Waals surface area contributed by atoms with Crippen molar-refractivity contribution >= 4 is 40.5 Å². The topological polar surface area (TPSA) is 170 Å². The number of aromatic nitrogens is 2. The van der Waals surface area contributed by atoms with Crippen LogP contribution in [0, 0.1) is 5.92 Å². The first kappa shape index (κ1) is 44.3. The zero-order valence-corrected chi connectivity index (χ0v) is 37.6. The van der Waals surface area contributed by atoms with E-state index in [1.165, 1.54) is 21.3 Å². The standard InChI is InChI=1S/C50H56N8O7/c1-29(2)43(54-49(61)64-6)47(59)58-27-30(3)23-41(58)46-53-39(28-56(46)4)36-21-20-34-24-33(18-19-35(34)25-36)31-14-16-32(17-15-31)38-26-51-45(52-38)40-12-10-22-57(40)48(60)44(55-50(62)65-7)37-11-8-9-13-42(37)63-5/h8-9,11,13-21,24-26,28-29,40-41,43-44,46,53H,3,10,12,22-23,27H2,1-2,4-7H3,(H,51,52)(H,54,61)(H,55,62)/t40-,41-,43-,44+,46?/m0/s1. The number of carbonyl (C=O) groups excluding carboxylic acids is 4. The van der Waals surface area contributed by atoms with Gasteiger partial charge in [-0.1, -0.05) is 92.7 Å². The van der Waals surface area contributed by atoms with Crippen LogP contribution in [0.3, 0.4) is 0 Å². The van der Waals surface area contributed by atoms with Crippen LogP contribution in [-0.4, -0.2) is 108 Å². The van der Waals surface area contributed by atoms with Crippen molar-refractivity contribution in [2.24, 2.45) is 5.92 Å². The lowest BCUT2D eigenvalue weighted by molar-refractivity contribution is -0.136. The molecule has 4 N–H and O–H groups in total. The van der Waals surface area contributed by atoms with Crippen molar-refractivity contribution in [3.8, 4) is 28.1 Å². The highest BCUT2D eigenvalue weighted by Gasteiger charge is 2.43. The minimum absolute atomic E-state index is 0.131. The SMILES string of the molecule is C=C1C[C@@H](C2NC(c3ccc4cc(-c5ccc(-c6cnc([C@@H]7CCCN7C(=O)[C@H](NC(=O)OC)c7ccccc7OC)[nH]6)cc5)ccc4c3)=CN2C)N(C(=O)[C@@H](NC(=O)OC)C(C)C)C1. The van der Waals surface area contributed by atoms with Crippen LogP contribution in [0.2, 0.25) is 0 Å². The molecule has 1 aromatic heterocycles. The largest absolute Gasteiger partial charge is 0.496 e. The Kier molecular flexibility index (Phi) is 12.8. The number of methoxy groups -OCH3 is 3. The zero-order chi connectivity index (χ0) is 45.9. The Morgan fingerprint density at radius 2 is 1.48 bits per heavy atom. The van der Waals surface area contributed by atoms with E-state index in [-0.39, 0.29) is 36.0 Å². The molecule has 4 amide bonds. The molecule has 5 aromatic rings. The van der Waals surface area contributed by atoms with Crippen molar-refractivity contribution in [2.75, 3.05) is 41.5 Å². The second-order valence-corrected chi connectivity index (χ2v) is 17.2. The number of H-pyrrole nitrogens is 1. The number of likely N-dealkylation sites (tertiary alicyclic amines) is 2. The van der Waals surface area contributed by atoms with Crippen molar-refractivity contribution < 1.29 is 33.4 Å². The van der Waals surface area contributed by atoms with Crippen molar-refractivity contribution in [1.29, 1.82) is 0 Å². The van der Waals surface area contributed by atoms with Gasteiger partial charge in [-0.05, 0) is 76.4 Å². The number of ether oxygens (including phenoxy) is 3. The van der Waals surface area contributed by atoms with Gasteiger partial charge in [0.15, 0.2) is 0 Å². The third-order valence-corrected chi connectivity index (χ3v) is 12.7. The predicted molar refractivity (Wildman–Crippen MR) is 248 cm³/mol. The van der Waals surface area contributed by atoms with Gasteiger partial charge >= 0.3 is 12.2 Å². The first-order valence-corrected chi connectivity index (χ1v) is 21.9. The highest BCUT2D eigenvalue weighted by molar-refractivity contribution is 5.91. The van der Waals surface area contributed by atoms with Gasteiger partial charge in [-0.2, -0.15) is 0 Å². The maximum absolute atomic E-state index is 14.2. The molecule has 0 radical (unpaired) electrons. The summed E-state index contributed by atoms with van der Waals surface area (Å²) in [5, 5.41) is 11.3. The number of likely N-dealkylation sites (N-methyl/N-ethyl adjacent to an activating group) is 1. The van der Waals surface area contributed by atoms with Crippen LogP contribution in [0.15, 0.2) is 109 Å². The van der Waals surface area contributed by atoms with E-state index in [0.29, 0.717) is 36.6 Å². The minimum atomic E-state index is -1.01. The molecule has 65 heavy (non-hydrogen) atoms. The van der Waals surface area contributed by atoms with Crippen LogP contribution in [0.4, 0.5) is 9.59 Å². The van der Waals surface area contributed by atoms with E-state index in [1.807, 2.05) is 31.9 Å². The van der Waals surface area contributed by atoms with E-state index in [1.54, 1.807) is 29.3 Å². The molecule has 5 atom stereocenters. The molecule has 3 aliphatic rings. The fourth-order valence-corrected chi connectivity index (χ4v) is 9.26. The Bertz CT molecular complexity index is 2640. The van der Waals surface area contributed by atoms with E-state index < -0.39 is 24.3 Å². The Morgan fingerprint density at radius 3 is 2.18 bits per heavy atom. The summed E-state index contributed by atoms with van der Waals surface area (Å²) in [6, 6.07) is 26.1. The Labute approximate surface area is 378 Å². The number of nitrogens with zero attached hydrogens (tertiary/aromatic N) is 4. The number of amides is 4. The minimum Gasteiger partial charge on any atom is -0.496 e. The lowest BCUT2D eigenvalue weighted by Gasteiger charge is -2.36. The van der Waals surface area contributed by atoms with Crippen LogP contribution >= 0.6 is 0 Å². The number of imidazole rings is 1. The van der Waals surface area contributed by atoms with E-state index in [4.69, 9.17) is 19.2 Å². The fraction of sp³-hybridized carbons (Fsp3) is 0.340. The third kappa shape index (κ3) is 9.08. The van der Waals surface area contributed by atoms with Crippen molar-refractivity contribution in [1.82, 2.24) is 40.6 Å². The number of rotatable bonds is 12. The lowest BCUT2D eigenvalue weighted by Crippen LogP contribution is -2.57. The van der Waals surface area contributed by atoms with Gasteiger partial charge in [-0.25, -0.2) is 14.6 Å². The van der Waals surface area contributed by atoms with Crippen LogP contribution in [-0.2, 0) is 19.1 Å². The average molecular weight is 881 g/mol. The number of para-hydroxylation sites is 1. The summed E-state index contributed by atoms with van der Waals surface area (Å²) < 4.78 is 15.2. The number of carbonyl (C=O) groups is 4.